The van der Waals surface area contributed by atoms with Crippen LogP contribution in [-0.2, 0) is 97.6 Å². The molecule has 4 unspecified atom stereocenters. The minimum Gasteiger partial charge on any atom is -0.497 e. The van der Waals surface area contributed by atoms with Crippen LogP contribution >= 0.6 is 0 Å². The number of rotatable bonds is 21. The molecule has 0 spiro atoms. The first-order valence-corrected chi connectivity index (χ1v) is 33.8. The quantitative estimate of drug-likeness (QED) is 0.0504. The normalized spacial score (nSPS) is 23.5. The number of amides is 13. The van der Waals surface area contributed by atoms with Gasteiger partial charge in [0, 0.05) is 24.7 Å². The summed E-state index contributed by atoms with van der Waals surface area (Å²) < 4.78 is 5.26. The van der Waals surface area contributed by atoms with Gasteiger partial charge in [-0.1, -0.05) is 62.4 Å². The van der Waals surface area contributed by atoms with Gasteiger partial charge >= 0.3 is 17.9 Å². The Labute approximate surface area is 593 Å². The predicted molar refractivity (Wildman–Crippen MR) is 365 cm³/mol. The second kappa shape index (κ2) is 38.1. The molecule has 34 heteroatoms. The van der Waals surface area contributed by atoms with Gasteiger partial charge in [0.1, 0.15) is 60.1 Å². The maximum absolute atomic E-state index is 15.4. The summed E-state index contributed by atoms with van der Waals surface area (Å²) in [5, 5.41) is 52.8. The van der Waals surface area contributed by atoms with E-state index in [-0.39, 0.29) is 50.8 Å². The van der Waals surface area contributed by atoms with Gasteiger partial charge in [-0.25, -0.2) is 0 Å². The Morgan fingerprint density at radius 1 is 0.553 bits per heavy atom. The van der Waals surface area contributed by atoms with E-state index in [1.54, 1.807) is 33.1 Å². The standard InChI is InChI=1S/C69H92N14O20/c1-35(2)55-67(99)83-29-9-11-49(83)63(95)74-38(5)58(81-62(94)45(30-50(71)84)76-59(91)43-24-20-41(21-25-43)18-16-39-12-14-40(15-13-39)17-19-42-22-26-44(103-6)27-23-42)68(100)82-28-8-7-10-48(82)64(96)80-56(36(3)69(101)102)65(97)77-47(32-54(89)90)61(93)72-33-51(85)75-46(31-53(87)88)60(92)73-34-52(86)78-57(37(4)70)66(98)79-55/h12-15,20-27,35-38,45-49,55-58H,7-11,16-19,28-34,70H2,1-6H3,(H2,71,84)(H,72,93)(H,73,92)(H,74,95)(H,75,85)(H,76,91)(H,77,97)(H,78,86)(H,79,98)(H,80,96)(H,81,94)(H,87,88)(H,89,90)(H,101,102)/t36?,37?,38-,45+,46?,47+,48-,49+,55+,56+,57-,58?/m1/s1. The van der Waals surface area contributed by atoms with E-state index in [2.05, 4.69) is 66.8 Å². The molecule has 3 aliphatic heterocycles. The molecule has 3 heterocycles. The first-order valence-electron chi connectivity index (χ1n) is 33.8. The minimum atomic E-state index is -2.16. The zero-order valence-electron chi connectivity index (χ0n) is 58.1. The van der Waals surface area contributed by atoms with E-state index in [0.29, 0.717) is 12.8 Å². The maximum Gasteiger partial charge on any atom is 0.308 e. The van der Waals surface area contributed by atoms with Crippen molar-refractivity contribution in [1.82, 2.24) is 63.0 Å². The molecule has 0 saturated carbocycles. The zero-order valence-corrected chi connectivity index (χ0v) is 58.1. The third kappa shape index (κ3) is 23.8. The van der Waals surface area contributed by atoms with Gasteiger partial charge in [0.2, 0.25) is 70.9 Å². The predicted octanol–water partition coefficient (Wildman–Crippen LogP) is -3.06. The molecule has 3 aliphatic rings. The van der Waals surface area contributed by atoms with Crippen molar-refractivity contribution in [3.63, 3.8) is 0 Å². The number of methoxy groups -OCH3 is 1. The summed E-state index contributed by atoms with van der Waals surface area (Å²) >= 11 is 0. The summed E-state index contributed by atoms with van der Waals surface area (Å²) in [5.74, 6) is -21.3. The number of carboxylic acid groups (broad SMARTS) is 3. The van der Waals surface area contributed by atoms with Gasteiger partial charge in [-0.2, -0.15) is 0 Å². The van der Waals surface area contributed by atoms with Crippen LogP contribution in [-0.4, -0.2) is 220 Å². The van der Waals surface area contributed by atoms with Crippen LogP contribution in [0.4, 0.5) is 0 Å². The van der Waals surface area contributed by atoms with E-state index in [1.807, 2.05) is 34.9 Å². The number of carbonyl (C=O) groups excluding carboxylic acids is 13. The third-order valence-corrected chi connectivity index (χ3v) is 17.9. The molecule has 13 amide bonds. The molecule has 6 rings (SSSR count). The lowest BCUT2D eigenvalue weighted by Gasteiger charge is -2.39. The van der Waals surface area contributed by atoms with Crippen molar-refractivity contribution >= 4 is 94.7 Å². The number of aliphatic carboxylic acids is 3. The zero-order chi connectivity index (χ0) is 75.9. The number of piperidine rings is 1. The number of hydrogen-bond donors (Lipinski definition) is 15. The summed E-state index contributed by atoms with van der Waals surface area (Å²) in [6.45, 7) is 4.38. The Balaban J connectivity index is 1.31. The largest absolute Gasteiger partial charge is 0.497 e. The monoisotopic (exact) mass is 1440 g/mol. The van der Waals surface area contributed by atoms with Gasteiger partial charge in [-0.15, -0.1) is 0 Å². The van der Waals surface area contributed by atoms with Crippen LogP contribution in [0.5, 0.6) is 5.75 Å². The summed E-state index contributed by atoms with van der Waals surface area (Å²) in [7, 11) is 1.62. The fraction of sp³-hybridized carbons (Fsp3) is 0.507. The highest BCUT2D eigenvalue weighted by Gasteiger charge is 2.45. The van der Waals surface area contributed by atoms with E-state index in [0.717, 1.165) is 41.5 Å². The molecule has 0 aromatic heterocycles. The topological polar surface area (TPSA) is 522 Å². The molecule has 3 saturated heterocycles. The molecule has 34 nitrogen and oxygen atoms in total. The lowest BCUT2D eigenvalue weighted by atomic mass is 9.96. The van der Waals surface area contributed by atoms with Crippen LogP contribution in [0.3, 0.4) is 0 Å². The van der Waals surface area contributed by atoms with Crippen LogP contribution in [0.15, 0.2) is 72.8 Å². The molecule has 558 valence electrons. The number of carboxylic acids is 3. The fourth-order valence-corrected chi connectivity index (χ4v) is 12.0. The van der Waals surface area contributed by atoms with Crippen LogP contribution in [0, 0.1) is 11.8 Å². The Morgan fingerprint density at radius 3 is 1.50 bits per heavy atom. The Hall–Kier alpha value is -11.1. The van der Waals surface area contributed by atoms with Gasteiger partial charge in [0.15, 0.2) is 0 Å². The van der Waals surface area contributed by atoms with E-state index in [4.69, 9.17) is 16.2 Å². The maximum atomic E-state index is 15.4. The van der Waals surface area contributed by atoms with Gasteiger partial charge in [-0.3, -0.25) is 76.7 Å². The lowest BCUT2D eigenvalue weighted by Crippen LogP contribution is -2.66. The highest BCUT2D eigenvalue weighted by atomic mass is 16.5. The number of nitrogens with two attached hydrogens (primary N) is 2. The van der Waals surface area contributed by atoms with Crippen molar-refractivity contribution in [3.05, 3.63) is 101 Å². The molecule has 3 aromatic rings. The van der Waals surface area contributed by atoms with Crippen molar-refractivity contribution in [3.8, 4) is 5.75 Å². The second-order valence-corrected chi connectivity index (χ2v) is 26.1. The van der Waals surface area contributed by atoms with E-state index in [9.17, 15) is 87.2 Å². The highest BCUT2D eigenvalue weighted by Crippen LogP contribution is 2.24. The Morgan fingerprint density at radius 2 is 1.01 bits per heavy atom. The number of nitrogens with one attached hydrogen (secondary N) is 10. The molecule has 3 fully saturated rings. The van der Waals surface area contributed by atoms with Crippen LogP contribution in [0.2, 0.25) is 0 Å². The van der Waals surface area contributed by atoms with Gasteiger partial charge in [-0.05, 0) is 131 Å². The highest BCUT2D eigenvalue weighted by molar-refractivity contribution is 6.03. The van der Waals surface area contributed by atoms with Crippen LogP contribution in [0.25, 0.3) is 0 Å². The number of primary amides is 1. The van der Waals surface area contributed by atoms with E-state index < -0.39 is 205 Å². The number of fused-ring (bicyclic) bond motifs is 2. The minimum absolute atomic E-state index is 0.0174. The molecule has 3 aromatic carbocycles. The molecular formula is C69H92N14O20. The summed E-state index contributed by atoms with van der Waals surface area (Å²) in [6, 6.07) is 4.04. The van der Waals surface area contributed by atoms with Gasteiger partial charge in [0.05, 0.1) is 51.4 Å². The molecule has 103 heavy (non-hydrogen) atoms. The van der Waals surface area contributed by atoms with Gasteiger partial charge < -0.3 is 94.5 Å². The van der Waals surface area contributed by atoms with Crippen molar-refractivity contribution in [2.75, 3.05) is 33.3 Å². The van der Waals surface area contributed by atoms with E-state index in [1.165, 1.54) is 42.0 Å². The summed E-state index contributed by atoms with van der Waals surface area (Å²) in [5.41, 5.74) is 16.1. The molecule has 0 radical (unpaired) electrons. The van der Waals surface area contributed by atoms with Crippen LogP contribution in [0.1, 0.15) is 119 Å². The molecular weight excluding hydrogens is 1340 g/mol. The fourth-order valence-electron chi connectivity index (χ4n) is 12.0. The summed E-state index contributed by atoms with van der Waals surface area (Å²) in [4.78, 5) is 221. The molecule has 0 aliphatic carbocycles. The number of nitrogens with zero attached hydrogens (tertiary/aromatic N) is 2. The first kappa shape index (κ1) is 80.9. The van der Waals surface area contributed by atoms with E-state index >= 15 is 4.79 Å². The molecule has 0 bridgehead atoms. The average Bonchev–Trinajstić information content (AvgIpc) is 1.75. The molecule has 12 atom stereocenters. The first-order chi connectivity index (χ1) is 48.7. The SMILES string of the molecule is COc1ccc(CCc2ccc(CCc3ccc(C(=O)N[C@@H](CC(N)=O)C(=O)NC4C(=O)N5CCCC[C@@H]5C(=O)N[C@@H](C(C)C(=O)O)C(=O)N[C@@H](CC(=O)O)C(=O)NCC(=O)NC(CC(=O)O)C(=O)NCC(=O)N[C@H](C(C)N)C(=O)N[C@@H](C(C)C)C(=O)N5CCC[C@H]5C(=O)N[C@@H]4C)cc3)cc2)cc1. The lowest BCUT2D eigenvalue weighted by molar-refractivity contribution is -0.149. The van der Waals surface area contributed by atoms with Crippen molar-refractivity contribution in [2.45, 2.75) is 178 Å². The number of aryl methyl sites for hydroxylation is 4. The smallest absolute Gasteiger partial charge is 0.308 e. The van der Waals surface area contributed by atoms with Crippen molar-refractivity contribution in [1.29, 1.82) is 0 Å². The summed E-state index contributed by atoms with van der Waals surface area (Å²) in [6.07, 6.45) is 0.287. The van der Waals surface area contributed by atoms with Gasteiger partial charge in [0.25, 0.3) is 5.91 Å². The number of carbonyl (C=O) groups is 16. The Kier molecular flexibility index (Phi) is 29.9. The van der Waals surface area contributed by atoms with Crippen LogP contribution < -0.4 is 69.4 Å². The number of benzene rings is 3. The average molecular weight is 1440 g/mol. The second-order valence-electron chi connectivity index (χ2n) is 26.1. The van der Waals surface area contributed by atoms with Crippen molar-refractivity contribution < 1.29 is 96.8 Å². The molecule has 17 N–H and O–H groups in total. The van der Waals surface area contributed by atoms with Crippen molar-refractivity contribution in [2.24, 2.45) is 23.3 Å². The number of hydrogen-bond acceptors (Lipinski definition) is 18. The number of ether oxygens (including phenoxy) is 1. The Bertz CT molecular complexity index is 3630. The third-order valence-electron chi connectivity index (χ3n) is 17.9.